The molecular formula is C25H52BrO2P. The van der Waals surface area contributed by atoms with Gasteiger partial charge in [-0.05, 0) is 0 Å². The van der Waals surface area contributed by atoms with E-state index in [-0.39, 0.29) is 5.97 Å². The fourth-order valence-electron chi connectivity index (χ4n) is 4.28. The van der Waals surface area contributed by atoms with Crippen LogP contribution in [-0.4, -0.2) is 37.2 Å². The molecule has 0 bridgehead atoms. The van der Waals surface area contributed by atoms with Crippen LogP contribution in [0, 0.1) is 0 Å². The van der Waals surface area contributed by atoms with Crippen molar-refractivity contribution in [2.45, 2.75) is 124 Å². The summed E-state index contributed by atoms with van der Waals surface area (Å²) in [4.78, 5) is 12.9. The summed E-state index contributed by atoms with van der Waals surface area (Å²) in [7, 11) is 0. The van der Waals surface area contributed by atoms with Crippen molar-refractivity contribution >= 4 is 26.8 Å². The van der Waals surface area contributed by atoms with Crippen LogP contribution in [0.15, 0.2) is 0 Å². The molecule has 0 unspecified atom stereocenters. The van der Waals surface area contributed by atoms with Gasteiger partial charge < -0.3 is 0 Å². The molecule has 0 amide bonds. The Morgan fingerprint density at radius 1 is 0.621 bits per heavy atom. The van der Waals surface area contributed by atoms with Gasteiger partial charge in [0.25, 0.3) is 0 Å². The zero-order valence-electron chi connectivity index (χ0n) is 20.3. The summed E-state index contributed by atoms with van der Waals surface area (Å²) in [5.41, 5.74) is 0. The zero-order valence-corrected chi connectivity index (χ0v) is 22.8. The van der Waals surface area contributed by atoms with E-state index in [0.717, 1.165) is 12.8 Å². The van der Waals surface area contributed by atoms with Crippen LogP contribution in [-0.2, 0) is 9.53 Å². The van der Waals surface area contributed by atoms with Gasteiger partial charge in [-0.2, -0.15) is 0 Å². The Morgan fingerprint density at radius 2 is 1.00 bits per heavy atom. The van der Waals surface area contributed by atoms with E-state index in [1.807, 2.05) is 0 Å². The van der Waals surface area contributed by atoms with Gasteiger partial charge in [0.2, 0.25) is 0 Å². The van der Waals surface area contributed by atoms with E-state index in [1.165, 1.54) is 102 Å². The van der Waals surface area contributed by atoms with Gasteiger partial charge >= 0.3 is 192 Å². The first-order valence-electron chi connectivity index (χ1n) is 12.8. The maximum absolute atomic E-state index is 12.9. The molecule has 0 aromatic rings. The van der Waals surface area contributed by atoms with Crippen LogP contribution >= 0.6 is 20.8 Å². The van der Waals surface area contributed by atoms with Crippen molar-refractivity contribution in [2.24, 2.45) is 0 Å². The first kappa shape index (κ1) is 29.4. The molecule has 0 aliphatic rings. The quantitative estimate of drug-likeness (QED) is 0.0901. The SMILES string of the molecule is CCCCCCP(Br)(CCCCCC)(CCCCCC)CC(=O)OCCCCC. The Labute approximate surface area is 191 Å². The Balaban J connectivity index is 5.17. The summed E-state index contributed by atoms with van der Waals surface area (Å²) < 4.78 is 5.71. The Bertz CT molecular complexity index is 366. The molecule has 0 spiro atoms. The van der Waals surface area contributed by atoms with Crippen LogP contribution in [0.3, 0.4) is 0 Å². The number of esters is 1. The summed E-state index contributed by atoms with van der Waals surface area (Å²) in [5, 5.41) is -2.23. The normalized spacial score (nSPS) is 13.2. The number of carbonyl (C=O) groups excluding carboxylic acids is 1. The minimum atomic E-state index is -2.23. The number of hydrogen-bond acceptors (Lipinski definition) is 2. The molecule has 0 rings (SSSR count). The van der Waals surface area contributed by atoms with Crippen LogP contribution in [0.2, 0.25) is 0 Å². The van der Waals surface area contributed by atoms with Crippen molar-refractivity contribution in [3.63, 3.8) is 0 Å². The molecule has 176 valence electrons. The van der Waals surface area contributed by atoms with Gasteiger partial charge in [-0.15, -0.1) is 0 Å². The summed E-state index contributed by atoms with van der Waals surface area (Å²) in [6.45, 7) is 9.62. The Kier molecular flexibility index (Phi) is 18.2. The molecule has 0 heterocycles. The number of hydrogen-bond donors (Lipinski definition) is 0. The van der Waals surface area contributed by atoms with E-state index in [1.54, 1.807) is 0 Å². The first-order chi connectivity index (χ1) is 13.9. The second-order valence-electron chi connectivity index (χ2n) is 9.26. The van der Waals surface area contributed by atoms with Crippen molar-refractivity contribution in [2.75, 3.05) is 31.3 Å². The van der Waals surface area contributed by atoms with Crippen LogP contribution in [0.1, 0.15) is 124 Å². The molecule has 4 heteroatoms. The number of carbonyl (C=O) groups is 1. The van der Waals surface area contributed by atoms with Gasteiger partial charge in [0.1, 0.15) is 0 Å². The van der Waals surface area contributed by atoms with E-state index < -0.39 is 5.31 Å². The Morgan fingerprint density at radius 3 is 1.38 bits per heavy atom. The van der Waals surface area contributed by atoms with Crippen LogP contribution in [0.25, 0.3) is 0 Å². The average Bonchev–Trinajstić information content (AvgIpc) is 2.70. The predicted octanol–water partition coefficient (Wildman–Crippen LogP) is 9.32. The van der Waals surface area contributed by atoms with E-state index >= 15 is 0 Å². The molecule has 0 aliphatic heterocycles. The van der Waals surface area contributed by atoms with E-state index in [0.29, 0.717) is 12.8 Å². The summed E-state index contributed by atoms with van der Waals surface area (Å²) in [6.07, 6.45) is 23.1. The fraction of sp³-hybridized carbons (Fsp3) is 0.960. The molecule has 0 aromatic carbocycles. The third kappa shape index (κ3) is 14.9. The summed E-state index contributed by atoms with van der Waals surface area (Å²) in [5.74, 6) is 0.0668. The van der Waals surface area contributed by atoms with Crippen molar-refractivity contribution in [1.29, 1.82) is 0 Å². The molecule has 0 N–H and O–H groups in total. The second-order valence-corrected chi connectivity index (χ2v) is 20.6. The van der Waals surface area contributed by atoms with Gasteiger partial charge in [-0.1, -0.05) is 0 Å². The predicted molar refractivity (Wildman–Crippen MR) is 138 cm³/mol. The number of halogens is 1. The fourth-order valence-corrected chi connectivity index (χ4v) is 12.1. The monoisotopic (exact) mass is 494 g/mol. The topological polar surface area (TPSA) is 26.3 Å². The molecule has 29 heavy (non-hydrogen) atoms. The van der Waals surface area contributed by atoms with E-state index in [2.05, 4.69) is 43.2 Å². The number of rotatable bonds is 21. The van der Waals surface area contributed by atoms with E-state index in [9.17, 15) is 4.79 Å². The molecule has 0 aliphatic carbocycles. The second kappa shape index (κ2) is 18.0. The van der Waals surface area contributed by atoms with Crippen LogP contribution in [0.4, 0.5) is 0 Å². The van der Waals surface area contributed by atoms with E-state index in [4.69, 9.17) is 4.74 Å². The molecule has 0 saturated carbocycles. The third-order valence-corrected chi connectivity index (χ3v) is 15.5. The molecular weight excluding hydrogens is 443 g/mol. The van der Waals surface area contributed by atoms with Crippen LogP contribution < -0.4 is 0 Å². The molecule has 0 aromatic heterocycles. The van der Waals surface area contributed by atoms with Gasteiger partial charge in [0.05, 0.1) is 0 Å². The van der Waals surface area contributed by atoms with Crippen molar-refractivity contribution in [3.05, 3.63) is 0 Å². The number of unbranched alkanes of at least 4 members (excludes halogenated alkanes) is 11. The van der Waals surface area contributed by atoms with Gasteiger partial charge in [0, 0.05) is 0 Å². The maximum atomic E-state index is 12.9. The summed E-state index contributed by atoms with van der Waals surface area (Å²) in [6, 6.07) is 0. The van der Waals surface area contributed by atoms with Gasteiger partial charge in [-0.25, -0.2) is 0 Å². The first-order valence-corrected chi connectivity index (χ1v) is 17.8. The summed E-state index contributed by atoms with van der Waals surface area (Å²) >= 11 is 4.40. The van der Waals surface area contributed by atoms with Gasteiger partial charge in [0.15, 0.2) is 0 Å². The zero-order chi connectivity index (χ0) is 21.9. The molecule has 0 radical (unpaired) electrons. The van der Waals surface area contributed by atoms with Crippen molar-refractivity contribution < 1.29 is 9.53 Å². The number of ether oxygens (including phenoxy) is 1. The standard InChI is InChI=1S/C25H52BrO2P/c1-5-9-13-17-21-29(26,22-18-14-10-6-2,23-19-15-11-7-3)24-25(27)28-20-16-12-8-4/h5-24H2,1-4H3. The van der Waals surface area contributed by atoms with Crippen LogP contribution in [0.5, 0.6) is 0 Å². The van der Waals surface area contributed by atoms with Crippen molar-refractivity contribution in [3.8, 4) is 0 Å². The molecule has 0 saturated heterocycles. The molecule has 2 nitrogen and oxygen atoms in total. The molecule has 0 fully saturated rings. The Hall–Kier alpha value is 0.380. The van der Waals surface area contributed by atoms with Gasteiger partial charge in [-0.3, -0.25) is 0 Å². The third-order valence-electron chi connectivity index (χ3n) is 6.25. The molecule has 0 atom stereocenters. The van der Waals surface area contributed by atoms with Crippen molar-refractivity contribution in [1.82, 2.24) is 0 Å². The average molecular weight is 496 g/mol. The minimum absolute atomic E-state index is 0.0668.